The average Bonchev–Trinajstić information content (AvgIpc) is 2.92. The number of hydrogen-bond donors (Lipinski definition) is 0. The third-order valence-corrected chi connectivity index (χ3v) is 5.69. The molecule has 1 aromatic rings. The monoisotopic (exact) mass is 406 g/mol. The van der Waals surface area contributed by atoms with E-state index in [9.17, 15) is 9.59 Å². The number of rotatable bonds is 5. The first kappa shape index (κ1) is 20.7. The molecule has 0 aromatic heterocycles. The highest BCUT2D eigenvalue weighted by Gasteiger charge is 2.52. The fourth-order valence-electron chi connectivity index (χ4n) is 3.98. The average molecular weight is 407 g/mol. The Morgan fingerprint density at radius 2 is 1.93 bits per heavy atom. The Hall–Kier alpha value is -2.01. The number of hydrogen-bond acceptors (Lipinski definition) is 5. The van der Waals surface area contributed by atoms with Crippen LogP contribution in [0.5, 0.6) is 5.75 Å². The van der Waals surface area contributed by atoms with Crippen molar-refractivity contribution in [1.82, 2.24) is 0 Å². The maximum Gasteiger partial charge on any atom is 0.343 e. The van der Waals surface area contributed by atoms with Gasteiger partial charge in [-0.15, -0.1) is 0 Å². The summed E-state index contributed by atoms with van der Waals surface area (Å²) in [4.78, 5) is 25.6. The minimum Gasteiger partial charge on any atom is -0.496 e. The lowest BCUT2D eigenvalue weighted by Gasteiger charge is -2.33. The number of methoxy groups -OCH3 is 1. The molecule has 6 heteroatoms. The molecule has 1 aliphatic carbocycles. The van der Waals surface area contributed by atoms with Gasteiger partial charge in [0, 0.05) is 10.6 Å². The minimum absolute atomic E-state index is 0.293. The fraction of sp³-hybridized carbons (Fsp3) is 0.545. The van der Waals surface area contributed by atoms with Gasteiger partial charge in [0.15, 0.2) is 11.4 Å². The van der Waals surface area contributed by atoms with Gasteiger partial charge in [0.2, 0.25) is 0 Å². The molecule has 1 fully saturated rings. The lowest BCUT2D eigenvalue weighted by Crippen LogP contribution is -2.36. The largest absolute Gasteiger partial charge is 0.496 e. The van der Waals surface area contributed by atoms with Gasteiger partial charge in [-0.25, -0.2) is 4.79 Å². The van der Waals surface area contributed by atoms with Crippen molar-refractivity contribution in [2.75, 3.05) is 7.11 Å². The molecule has 1 aliphatic heterocycles. The zero-order valence-corrected chi connectivity index (χ0v) is 17.6. The van der Waals surface area contributed by atoms with Gasteiger partial charge < -0.3 is 14.2 Å². The summed E-state index contributed by atoms with van der Waals surface area (Å²) in [7, 11) is 1.53. The molecule has 0 unspecified atom stereocenters. The third-order valence-electron chi connectivity index (χ3n) is 5.47. The van der Waals surface area contributed by atoms with Crippen LogP contribution in [-0.2, 0) is 25.5 Å². The van der Waals surface area contributed by atoms with Crippen molar-refractivity contribution in [3.63, 3.8) is 0 Å². The van der Waals surface area contributed by atoms with E-state index in [0.717, 1.165) is 24.8 Å². The molecule has 2 aliphatic rings. The SMILES string of the molecule is CCc1cc(Cl)cc(OC)c1C1=C(OC(=O)C(C)C)C2(CCCCC2)OC1=O. The smallest absolute Gasteiger partial charge is 0.343 e. The molecular weight excluding hydrogens is 380 g/mol. The first-order valence-electron chi connectivity index (χ1n) is 9.89. The Morgan fingerprint density at radius 3 is 2.50 bits per heavy atom. The van der Waals surface area contributed by atoms with Crippen molar-refractivity contribution in [2.45, 2.75) is 64.9 Å². The van der Waals surface area contributed by atoms with E-state index < -0.39 is 11.6 Å². The van der Waals surface area contributed by atoms with Crippen LogP contribution in [-0.4, -0.2) is 24.6 Å². The van der Waals surface area contributed by atoms with Crippen LogP contribution >= 0.6 is 11.6 Å². The van der Waals surface area contributed by atoms with E-state index in [4.69, 9.17) is 25.8 Å². The van der Waals surface area contributed by atoms with Gasteiger partial charge in [-0.05, 0) is 49.8 Å². The van der Waals surface area contributed by atoms with E-state index in [1.807, 2.05) is 13.0 Å². The quantitative estimate of drug-likeness (QED) is 0.638. The number of benzene rings is 1. The standard InChI is InChI=1S/C22H27ClO5/c1-5-14-11-15(23)12-16(26-4)17(14)18-19(27-20(24)13(2)3)22(28-21(18)25)9-7-6-8-10-22/h11-13H,5-10H2,1-4H3. The van der Waals surface area contributed by atoms with Gasteiger partial charge in [-0.3, -0.25) is 4.79 Å². The molecular formula is C22H27ClO5. The van der Waals surface area contributed by atoms with Gasteiger partial charge in [-0.1, -0.05) is 38.8 Å². The van der Waals surface area contributed by atoms with Gasteiger partial charge >= 0.3 is 11.9 Å². The molecule has 0 bridgehead atoms. The molecule has 0 radical (unpaired) electrons. The number of esters is 2. The van der Waals surface area contributed by atoms with Crippen molar-refractivity contribution >= 4 is 29.1 Å². The van der Waals surface area contributed by atoms with Crippen LogP contribution in [0.3, 0.4) is 0 Å². The minimum atomic E-state index is -0.870. The van der Waals surface area contributed by atoms with E-state index in [1.54, 1.807) is 19.9 Å². The molecule has 1 aromatic carbocycles. The van der Waals surface area contributed by atoms with Crippen molar-refractivity contribution in [3.8, 4) is 5.75 Å². The highest BCUT2D eigenvalue weighted by molar-refractivity contribution is 6.31. The molecule has 152 valence electrons. The second kappa shape index (κ2) is 8.16. The maximum atomic E-state index is 13.1. The number of aryl methyl sites for hydroxylation is 1. The Labute approximate surface area is 171 Å². The van der Waals surface area contributed by atoms with Gasteiger partial charge in [-0.2, -0.15) is 0 Å². The maximum absolute atomic E-state index is 13.1. The summed E-state index contributed by atoms with van der Waals surface area (Å²) < 4.78 is 17.3. The number of ether oxygens (including phenoxy) is 3. The van der Waals surface area contributed by atoms with Crippen molar-refractivity contribution in [3.05, 3.63) is 34.0 Å². The van der Waals surface area contributed by atoms with E-state index in [1.165, 1.54) is 7.11 Å². The summed E-state index contributed by atoms with van der Waals surface area (Å²) in [6.45, 7) is 5.52. The summed E-state index contributed by atoms with van der Waals surface area (Å²) in [5.41, 5.74) is 0.877. The van der Waals surface area contributed by atoms with Crippen LogP contribution in [0.15, 0.2) is 17.9 Å². The predicted octanol–water partition coefficient (Wildman–Crippen LogP) is 5.08. The molecule has 0 atom stereocenters. The van der Waals surface area contributed by atoms with E-state index >= 15 is 0 Å². The Morgan fingerprint density at radius 1 is 1.25 bits per heavy atom. The van der Waals surface area contributed by atoms with Crippen LogP contribution in [0.1, 0.15) is 64.0 Å². The van der Waals surface area contributed by atoms with Gasteiger partial charge in [0.25, 0.3) is 0 Å². The van der Waals surface area contributed by atoms with E-state index in [0.29, 0.717) is 46.9 Å². The van der Waals surface area contributed by atoms with Crippen molar-refractivity contribution < 1.29 is 23.8 Å². The molecule has 3 rings (SSSR count). The van der Waals surface area contributed by atoms with Crippen molar-refractivity contribution in [1.29, 1.82) is 0 Å². The summed E-state index contributed by atoms with van der Waals surface area (Å²) >= 11 is 6.23. The molecule has 1 heterocycles. The van der Waals surface area contributed by atoms with E-state index in [-0.39, 0.29) is 11.9 Å². The molecule has 0 N–H and O–H groups in total. The van der Waals surface area contributed by atoms with Crippen LogP contribution in [0.25, 0.3) is 5.57 Å². The summed E-state index contributed by atoms with van der Waals surface area (Å²) in [6.07, 6.45) is 4.86. The van der Waals surface area contributed by atoms with Gasteiger partial charge in [0.05, 0.1) is 13.0 Å². The zero-order chi connectivity index (χ0) is 20.5. The zero-order valence-electron chi connectivity index (χ0n) is 16.9. The lowest BCUT2D eigenvalue weighted by molar-refractivity contribution is -0.156. The van der Waals surface area contributed by atoms with Crippen LogP contribution in [0.4, 0.5) is 0 Å². The number of carbonyl (C=O) groups is 2. The summed E-state index contributed by atoms with van der Waals surface area (Å²) in [6, 6.07) is 3.48. The second-order valence-electron chi connectivity index (χ2n) is 7.72. The Balaban J connectivity index is 2.25. The van der Waals surface area contributed by atoms with Crippen LogP contribution < -0.4 is 4.74 Å². The number of carbonyl (C=O) groups excluding carboxylic acids is 2. The summed E-state index contributed by atoms with van der Waals surface area (Å²) in [5.74, 6) is -0.346. The fourth-order valence-corrected chi connectivity index (χ4v) is 4.22. The Bertz CT molecular complexity index is 793. The topological polar surface area (TPSA) is 61.8 Å². The number of halogens is 1. The second-order valence-corrected chi connectivity index (χ2v) is 8.16. The highest BCUT2D eigenvalue weighted by Crippen LogP contribution is 2.49. The first-order valence-corrected chi connectivity index (χ1v) is 10.3. The van der Waals surface area contributed by atoms with Gasteiger partial charge in [0.1, 0.15) is 11.3 Å². The first-order chi connectivity index (χ1) is 13.3. The normalized spacial score (nSPS) is 18.6. The van der Waals surface area contributed by atoms with Crippen LogP contribution in [0, 0.1) is 5.92 Å². The third kappa shape index (κ3) is 3.64. The van der Waals surface area contributed by atoms with Crippen LogP contribution in [0.2, 0.25) is 5.02 Å². The van der Waals surface area contributed by atoms with Crippen molar-refractivity contribution in [2.24, 2.45) is 5.92 Å². The molecule has 5 nitrogen and oxygen atoms in total. The highest BCUT2D eigenvalue weighted by atomic mass is 35.5. The molecule has 1 saturated carbocycles. The summed E-state index contributed by atoms with van der Waals surface area (Å²) in [5, 5.41) is 0.525. The predicted molar refractivity (Wildman–Crippen MR) is 107 cm³/mol. The molecule has 0 amide bonds. The lowest BCUT2D eigenvalue weighted by atomic mass is 9.82. The molecule has 0 saturated heterocycles. The van der Waals surface area contributed by atoms with E-state index in [2.05, 4.69) is 0 Å². The Kier molecular flexibility index (Phi) is 6.04. The molecule has 1 spiro atoms. The molecule has 28 heavy (non-hydrogen) atoms.